The van der Waals surface area contributed by atoms with Crippen molar-refractivity contribution in [2.75, 3.05) is 44.2 Å². The van der Waals surface area contributed by atoms with Crippen LogP contribution < -0.4 is 4.90 Å². The van der Waals surface area contributed by atoms with Crippen molar-refractivity contribution in [3.8, 4) is 0 Å². The van der Waals surface area contributed by atoms with Gasteiger partial charge in [0.05, 0.1) is 16.8 Å². The summed E-state index contributed by atoms with van der Waals surface area (Å²) in [7, 11) is 0. The Morgan fingerprint density at radius 3 is 2.32 bits per heavy atom. The van der Waals surface area contributed by atoms with E-state index in [9.17, 15) is 14.0 Å². The van der Waals surface area contributed by atoms with Crippen molar-refractivity contribution in [3.05, 3.63) is 65.0 Å². The first kappa shape index (κ1) is 21.5. The van der Waals surface area contributed by atoms with Gasteiger partial charge in [0.25, 0.3) is 11.8 Å². The summed E-state index contributed by atoms with van der Waals surface area (Å²) in [5, 5.41) is 0. The van der Waals surface area contributed by atoms with Crippen LogP contribution >= 0.6 is 0 Å². The Hall–Kier alpha value is -2.73. The van der Waals surface area contributed by atoms with Gasteiger partial charge in [-0.1, -0.05) is 39.0 Å². The number of rotatable bonds is 5. The summed E-state index contributed by atoms with van der Waals surface area (Å²) in [6.45, 7) is 11.5. The highest BCUT2D eigenvalue weighted by molar-refractivity contribution is 6.23. The fraction of sp³-hybridized carbons (Fsp3) is 0.440. The predicted molar refractivity (Wildman–Crippen MR) is 120 cm³/mol. The largest absolute Gasteiger partial charge is 0.368 e. The number of fused-ring (bicyclic) bond motifs is 1. The van der Waals surface area contributed by atoms with Crippen molar-refractivity contribution in [2.24, 2.45) is 5.41 Å². The topological polar surface area (TPSA) is 43.9 Å². The molecule has 1 fully saturated rings. The molecule has 6 heteroatoms. The predicted octanol–water partition coefficient (Wildman–Crippen LogP) is 3.83. The van der Waals surface area contributed by atoms with Crippen LogP contribution in [0.15, 0.2) is 42.5 Å². The number of benzene rings is 2. The summed E-state index contributed by atoms with van der Waals surface area (Å²) in [5.74, 6) is -0.818. The first-order valence-corrected chi connectivity index (χ1v) is 10.9. The van der Waals surface area contributed by atoms with Crippen LogP contribution in [0.4, 0.5) is 10.1 Å². The lowest BCUT2D eigenvalue weighted by atomic mass is 9.95. The standard InChI is InChI=1S/C25H30FN3O2/c1-25(2,3)17-27-12-14-28(15-13-27)21-9-5-8-20-22(21)24(31)29(23(20)30)11-10-18-6-4-7-19(26)16-18/h4-9,16H,10-15,17H2,1-3H3. The molecule has 0 atom stereocenters. The Morgan fingerprint density at radius 2 is 1.65 bits per heavy atom. The van der Waals surface area contributed by atoms with Crippen LogP contribution in [-0.4, -0.2) is 60.9 Å². The average molecular weight is 424 g/mol. The number of nitrogens with zero attached hydrogens (tertiary/aromatic N) is 3. The second-order valence-corrected chi connectivity index (χ2v) is 9.67. The van der Waals surface area contributed by atoms with Crippen LogP contribution in [0.25, 0.3) is 0 Å². The second-order valence-electron chi connectivity index (χ2n) is 9.67. The molecule has 2 aromatic carbocycles. The molecule has 0 unspecified atom stereocenters. The Balaban J connectivity index is 1.48. The number of piperazine rings is 1. The number of hydrogen-bond acceptors (Lipinski definition) is 4. The van der Waals surface area contributed by atoms with Crippen molar-refractivity contribution in [1.29, 1.82) is 0 Å². The van der Waals surface area contributed by atoms with Gasteiger partial charge in [-0.05, 0) is 41.7 Å². The maximum Gasteiger partial charge on any atom is 0.263 e. The second kappa shape index (κ2) is 8.42. The van der Waals surface area contributed by atoms with E-state index < -0.39 is 0 Å². The quantitative estimate of drug-likeness (QED) is 0.686. The lowest BCUT2D eigenvalue weighted by molar-refractivity contribution is 0.0656. The normalized spacial score (nSPS) is 17.4. The molecule has 5 nitrogen and oxygen atoms in total. The third-order valence-corrected chi connectivity index (χ3v) is 5.90. The minimum Gasteiger partial charge on any atom is -0.368 e. The van der Waals surface area contributed by atoms with Crippen molar-refractivity contribution < 1.29 is 14.0 Å². The molecule has 0 N–H and O–H groups in total. The Labute approximate surface area is 183 Å². The van der Waals surface area contributed by atoms with Gasteiger partial charge < -0.3 is 4.90 Å². The molecule has 1 saturated heterocycles. The molecule has 2 amide bonds. The summed E-state index contributed by atoms with van der Waals surface area (Å²) in [5.41, 5.74) is 2.85. The molecule has 0 aromatic heterocycles. The van der Waals surface area contributed by atoms with Gasteiger partial charge in [0.15, 0.2) is 0 Å². The summed E-state index contributed by atoms with van der Waals surface area (Å²) < 4.78 is 13.5. The summed E-state index contributed by atoms with van der Waals surface area (Å²) >= 11 is 0. The summed E-state index contributed by atoms with van der Waals surface area (Å²) in [6.07, 6.45) is 0.435. The maximum absolute atomic E-state index is 13.5. The fourth-order valence-corrected chi connectivity index (χ4v) is 4.53. The minimum atomic E-state index is -0.312. The van der Waals surface area contributed by atoms with Gasteiger partial charge in [-0.15, -0.1) is 0 Å². The number of carbonyl (C=O) groups excluding carboxylic acids is 2. The van der Waals surface area contributed by atoms with E-state index in [1.807, 2.05) is 18.2 Å². The first-order valence-electron chi connectivity index (χ1n) is 10.9. The van der Waals surface area contributed by atoms with E-state index in [2.05, 4.69) is 30.6 Å². The molecule has 0 saturated carbocycles. The lowest BCUT2D eigenvalue weighted by Gasteiger charge is -2.39. The number of imide groups is 1. The molecule has 2 heterocycles. The Bertz CT molecular complexity index is 991. The van der Waals surface area contributed by atoms with E-state index in [1.165, 1.54) is 17.0 Å². The van der Waals surface area contributed by atoms with Gasteiger partial charge in [-0.2, -0.15) is 0 Å². The van der Waals surface area contributed by atoms with Crippen LogP contribution in [0.2, 0.25) is 0 Å². The van der Waals surface area contributed by atoms with Gasteiger partial charge >= 0.3 is 0 Å². The molecule has 0 aliphatic carbocycles. The lowest BCUT2D eigenvalue weighted by Crippen LogP contribution is -2.49. The Morgan fingerprint density at radius 1 is 0.935 bits per heavy atom. The zero-order chi connectivity index (χ0) is 22.2. The van der Waals surface area contributed by atoms with Crippen molar-refractivity contribution >= 4 is 17.5 Å². The smallest absolute Gasteiger partial charge is 0.263 e. The third kappa shape index (κ3) is 4.64. The molecule has 2 aromatic rings. The molecule has 0 radical (unpaired) electrons. The number of hydrogen-bond donors (Lipinski definition) is 0. The highest BCUT2D eigenvalue weighted by Crippen LogP contribution is 2.32. The van der Waals surface area contributed by atoms with Gasteiger partial charge in [-0.3, -0.25) is 19.4 Å². The number of carbonyl (C=O) groups is 2. The monoisotopic (exact) mass is 423 g/mol. The van der Waals surface area contributed by atoms with Crippen LogP contribution in [0.3, 0.4) is 0 Å². The van der Waals surface area contributed by atoms with Gasteiger partial charge in [0.2, 0.25) is 0 Å². The van der Waals surface area contributed by atoms with Crippen LogP contribution in [-0.2, 0) is 6.42 Å². The number of amides is 2. The molecular formula is C25H30FN3O2. The van der Waals surface area contributed by atoms with Gasteiger partial charge in [0.1, 0.15) is 5.82 Å². The molecule has 0 bridgehead atoms. The van der Waals surface area contributed by atoms with E-state index in [-0.39, 0.29) is 29.6 Å². The van der Waals surface area contributed by atoms with E-state index in [4.69, 9.17) is 0 Å². The zero-order valence-electron chi connectivity index (χ0n) is 18.5. The van der Waals surface area contributed by atoms with Crippen LogP contribution in [0.1, 0.15) is 47.1 Å². The van der Waals surface area contributed by atoms with Gasteiger partial charge in [0, 0.05) is 39.3 Å². The van der Waals surface area contributed by atoms with Crippen molar-refractivity contribution in [2.45, 2.75) is 27.2 Å². The van der Waals surface area contributed by atoms with E-state index in [0.717, 1.165) is 44.0 Å². The highest BCUT2D eigenvalue weighted by Gasteiger charge is 2.38. The van der Waals surface area contributed by atoms with Crippen molar-refractivity contribution in [1.82, 2.24) is 9.80 Å². The SMILES string of the molecule is CC(C)(C)CN1CCN(c2cccc3c2C(=O)N(CCc2cccc(F)c2)C3=O)CC1. The zero-order valence-corrected chi connectivity index (χ0v) is 18.5. The molecule has 2 aliphatic heterocycles. The Kier molecular flexibility index (Phi) is 5.84. The van der Waals surface area contributed by atoms with E-state index in [1.54, 1.807) is 12.1 Å². The third-order valence-electron chi connectivity index (χ3n) is 5.90. The summed E-state index contributed by atoms with van der Waals surface area (Å²) in [4.78, 5) is 32.1. The van der Waals surface area contributed by atoms with Gasteiger partial charge in [-0.25, -0.2) is 4.39 Å². The highest BCUT2D eigenvalue weighted by atomic mass is 19.1. The maximum atomic E-state index is 13.5. The fourth-order valence-electron chi connectivity index (χ4n) is 4.53. The van der Waals surface area contributed by atoms with E-state index in [0.29, 0.717) is 17.5 Å². The minimum absolute atomic E-state index is 0.245. The number of halogens is 1. The number of anilines is 1. The molecule has 31 heavy (non-hydrogen) atoms. The van der Waals surface area contributed by atoms with Crippen LogP contribution in [0.5, 0.6) is 0 Å². The van der Waals surface area contributed by atoms with E-state index >= 15 is 0 Å². The van der Waals surface area contributed by atoms with Crippen LogP contribution in [0, 0.1) is 11.2 Å². The molecule has 0 spiro atoms. The summed E-state index contributed by atoms with van der Waals surface area (Å²) in [6, 6.07) is 11.8. The average Bonchev–Trinajstić information content (AvgIpc) is 2.96. The molecule has 4 rings (SSSR count). The molecule has 2 aliphatic rings. The first-order chi connectivity index (χ1) is 14.7. The van der Waals surface area contributed by atoms with Crippen molar-refractivity contribution in [3.63, 3.8) is 0 Å². The molecular weight excluding hydrogens is 393 g/mol. The molecule has 164 valence electrons.